The van der Waals surface area contributed by atoms with Gasteiger partial charge in [0.25, 0.3) is 0 Å². The smallest absolute Gasteiger partial charge is 0.335 e. The van der Waals surface area contributed by atoms with E-state index in [1.165, 1.54) is 12.1 Å². The average Bonchev–Trinajstić information content (AvgIpc) is 3.06. The molecule has 2 N–H and O–H groups in total. The van der Waals surface area contributed by atoms with Crippen molar-refractivity contribution in [2.75, 3.05) is 0 Å². The second-order valence-electron chi connectivity index (χ2n) is 4.36. The zero-order valence-electron chi connectivity index (χ0n) is 10.5. The number of carboxylic acids is 1. The number of benzene rings is 1. The van der Waals surface area contributed by atoms with Crippen LogP contribution in [-0.2, 0) is 13.2 Å². The summed E-state index contributed by atoms with van der Waals surface area (Å²) >= 11 is 0. The van der Waals surface area contributed by atoms with Crippen LogP contribution in [0.5, 0.6) is 0 Å². The van der Waals surface area contributed by atoms with E-state index in [-0.39, 0.29) is 12.2 Å². The lowest BCUT2D eigenvalue weighted by Gasteiger charge is -2.05. The van der Waals surface area contributed by atoms with Crippen LogP contribution in [0.4, 0.5) is 0 Å². The standard InChI is InChI=1S/C14H12N2O4/c17-8-13-15-11-6-9(14(18)19)3-4-12(11)16(13)7-10-2-1-5-20-10/h1-6,17H,7-8H2,(H,18,19). The van der Waals surface area contributed by atoms with E-state index in [2.05, 4.69) is 4.98 Å². The lowest BCUT2D eigenvalue weighted by Crippen LogP contribution is -2.04. The van der Waals surface area contributed by atoms with E-state index in [1.54, 1.807) is 23.0 Å². The highest BCUT2D eigenvalue weighted by Crippen LogP contribution is 2.20. The van der Waals surface area contributed by atoms with Gasteiger partial charge in [-0.05, 0) is 30.3 Å². The van der Waals surface area contributed by atoms with Gasteiger partial charge in [0, 0.05) is 0 Å². The van der Waals surface area contributed by atoms with Crippen LogP contribution in [0.25, 0.3) is 11.0 Å². The molecule has 0 radical (unpaired) electrons. The molecule has 0 aliphatic rings. The summed E-state index contributed by atoms with van der Waals surface area (Å²) in [4.78, 5) is 15.2. The van der Waals surface area contributed by atoms with Gasteiger partial charge < -0.3 is 19.2 Å². The first kappa shape index (κ1) is 12.4. The third kappa shape index (κ3) is 2.06. The van der Waals surface area contributed by atoms with E-state index in [0.717, 1.165) is 11.3 Å². The first-order valence-electron chi connectivity index (χ1n) is 6.04. The minimum Gasteiger partial charge on any atom is -0.478 e. The first-order valence-corrected chi connectivity index (χ1v) is 6.04. The number of hydrogen-bond donors (Lipinski definition) is 2. The largest absolute Gasteiger partial charge is 0.478 e. The van der Waals surface area contributed by atoms with Crippen LogP contribution in [0.15, 0.2) is 41.0 Å². The first-order chi connectivity index (χ1) is 9.69. The number of fused-ring (bicyclic) bond motifs is 1. The number of aliphatic hydroxyl groups excluding tert-OH is 1. The third-order valence-corrected chi connectivity index (χ3v) is 3.11. The zero-order valence-corrected chi connectivity index (χ0v) is 10.5. The summed E-state index contributed by atoms with van der Waals surface area (Å²) in [7, 11) is 0. The Balaban J connectivity index is 2.12. The topological polar surface area (TPSA) is 88.5 Å². The SMILES string of the molecule is O=C(O)c1ccc2c(c1)nc(CO)n2Cc1ccco1. The van der Waals surface area contributed by atoms with Gasteiger partial charge in [0.15, 0.2) is 0 Å². The maximum absolute atomic E-state index is 11.0. The number of rotatable bonds is 4. The Morgan fingerprint density at radius 1 is 1.35 bits per heavy atom. The van der Waals surface area contributed by atoms with Crippen LogP contribution in [0.1, 0.15) is 21.9 Å². The summed E-state index contributed by atoms with van der Waals surface area (Å²) in [5.74, 6) is 0.207. The van der Waals surface area contributed by atoms with Crippen LogP contribution < -0.4 is 0 Å². The highest BCUT2D eigenvalue weighted by Gasteiger charge is 2.13. The molecule has 1 aromatic carbocycles. The second kappa shape index (κ2) is 4.82. The van der Waals surface area contributed by atoms with Gasteiger partial charge in [0.1, 0.15) is 18.2 Å². The number of aromatic carboxylic acids is 1. The number of furan rings is 1. The fourth-order valence-electron chi connectivity index (χ4n) is 2.17. The van der Waals surface area contributed by atoms with Crippen molar-refractivity contribution in [3.8, 4) is 0 Å². The van der Waals surface area contributed by atoms with E-state index in [4.69, 9.17) is 9.52 Å². The Morgan fingerprint density at radius 2 is 2.20 bits per heavy atom. The van der Waals surface area contributed by atoms with Crippen LogP contribution in [-0.4, -0.2) is 25.7 Å². The number of imidazole rings is 1. The predicted octanol–water partition coefficient (Wildman–Crippen LogP) is 1.87. The molecular formula is C14H12N2O4. The number of carbonyl (C=O) groups is 1. The summed E-state index contributed by atoms with van der Waals surface area (Å²) in [6, 6.07) is 8.32. The zero-order chi connectivity index (χ0) is 14.1. The number of carboxylic acid groups (broad SMARTS) is 1. The molecule has 20 heavy (non-hydrogen) atoms. The molecule has 0 saturated carbocycles. The summed E-state index contributed by atoms with van der Waals surface area (Å²) < 4.78 is 7.10. The lowest BCUT2D eigenvalue weighted by molar-refractivity contribution is 0.0697. The van der Waals surface area contributed by atoms with Crippen molar-refractivity contribution in [1.29, 1.82) is 0 Å². The van der Waals surface area contributed by atoms with Gasteiger partial charge in [-0.25, -0.2) is 9.78 Å². The van der Waals surface area contributed by atoms with Crippen LogP contribution in [0, 0.1) is 0 Å². The number of hydrogen-bond acceptors (Lipinski definition) is 4. The normalized spacial score (nSPS) is 11.1. The van der Waals surface area contributed by atoms with Gasteiger partial charge in [-0.15, -0.1) is 0 Å². The molecule has 0 aliphatic heterocycles. The van der Waals surface area contributed by atoms with E-state index in [9.17, 15) is 9.90 Å². The van der Waals surface area contributed by atoms with Crippen molar-refractivity contribution in [2.24, 2.45) is 0 Å². The minimum atomic E-state index is -1.00. The van der Waals surface area contributed by atoms with E-state index in [0.29, 0.717) is 17.9 Å². The summed E-state index contributed by atoms with van der Waals surface area (Å²) in [5.41, 5.74) is 1.47. The number of aliphatic hydroxyl groups is 1. The maximum Gasteiger partial charge on any atom is 0.335 e. The quantitative estimate of drug-likeness (QED) is 0.756. The molecule has 3 rings (SSSR count). The Bertz CT molecular complexity index is 759. The van der Waals surface area contributed by atoms with Crippen molar-refractivity contribution >= 4 is 17.0 Å². The molecule has 0 aliphatic carbocycles. The molecule has 0 bridgehead atoms. The fraction of sp³-hybridized carbons (Fsp3) is 0.143. The van der Waals surface area contributed by atoms with E-state index >= 15 is 0 Å². The van der Waals surface area contributed by atoms with Gasteiger partial charge >= 0.3 is 5.97 Å². The highest BCUT2D eigenvalue weighted by atomic mass is 16.4. The molecule has 102 valence electrons. The summed E-state index contributed by atoms with van der Waals surface area (Å²) in [5, 5.41) is 18.4. The van der Waals surface area contributed by atoms with Gasteiger partial charge in [-0.1, -0.05) is 0 Å². The Morgan fingerprint density at radius 3 is 2.85 bits per heavy atom. The molecule has 0 unspecified atom stereocenters. The van der Waals surface area contributed by atoms with Gasteiger partial charge in [0.2, 0.25) is 0 Å². The lowest BCUT2D eigenvalue weighted by atomic mass is 10.2. The number of aromatic nitrogens is 2. The molecule has 0 fully saturated rings. The van der Waals surface area contributed by atoms with Gasteiger partial charge in [-0.3, -0.25) is 0 Å². The monoisotopic (exact) mass is 272 g/mol. The molecule has 0 saturated heterocycles. The molecule has 0 spiro atoms. The fourth-order valence-corrected chi connectivity index (χ4v) is 2.17. The van der Waals surface area contributed by atoms with Crippen molar-refractivity contribution in [3.63, 3.8) is 0 Å². The van der Waals surface area contributed by atoms with E-state index < -0.39 is 5.97 Å². The molecular weight excluding hydrogens is 260 g/mol. The molecule has 2 heterocycles. The third-order valence-electron chi connectivity index (χ3n) is 3.11. The predicted molar refractivity (Wildman–Crippen MR) is 70.4 cm³/mol. The summed E-state index contributed by atoms with van der Waals surface area (Å²) in [6.07, 6.45) is 1.58. The van der Waals surface area contributed by atoms with Gasteiger partial charge in [0.05, 0.1) is 29.4 Å². The maximum atomic E-state index is 11.0. The van der Waals surface area contributed by atoms with Crippen molar-refractivity contribution in [1.82, 2.24) is 9.55 Å². The van der Waals surface area contributed by atoms with Crippen LogP contribution in [0.3, 0.4) is 0 Å². The van der Waals surface area contributed by atoms with Crippen LogP contribution in [0.2, 0.25) is 0 Å². The Hall–Kier alpha value is -2.60. The van der Waals surface area contributed by atoms with Crippen molar-refractivity contribution < 1.29 is 19.4 Å². The summed E-state index contributed by atoms with van der Waals surface area (Å²) in [6.45, 7) is 0.212. The Labute approximate surface area is 113 Å². The van der Waals surface area contributed by atoms with Crippen LogP contribution >= 0.6 is 0 Å². The number of nitrogens with zero attached hydrogens (tertiary/aromatic N) is 2. The molecule has 0 amide bonds. The molecule has 3 aromatic rings. The average molecular weight is 272 g/mol. The van der Waals surface area contributed by atoms with Crippen molar-refractivity contribution in [2.45, 2.75) is 13.2 Å². The van der Waals surface area contributed by atoms with Gasteiger partial charge in [-0.2, -0.15) is 0 Å². The molecule has 0 atom stereocenters. The minimum absolute atomic E-state index is 0.171. The Kier molecular flexibility index (Phi) is 3.00. The second-order valence-corrected chi connectivity index (χ2v) is 4.36. The van der Waals surface area contributed by atoms with E-state index in [1.807, 2.05) is 6.07 Å². The molecule has 2 aromatic heterocycles. The highest BCUT2D eigenvalue weighted by molar-refractivity contribution is 5.92. The molecule has 6 heteroatoms. The van der Waals surface area contributed by atoms with Crippen molar-refractivity contribution in [3.05, 3.63) is 53.7 Å². The molecule has 6 nitrogen and oxygen atoms in total.